The van der Waals surface area contributed by atoms with Gasteiger partial charge >= 0.3 is 0 Å². The minimum atomic E-state index is 0.611. The van der Waals surface area contributed by atoms with Crippen LogP contribution in [-0.2, 0) is 12.8 Å². The van der Waals surface area contributed by atoms with Crippen LogP contribution in [0.2, 0.25) is 5.02 Å². The molecule has 1 aromatic carbocycles. The Balaban J connectivity index is 1.97. The van der Waals surface area contributed by atoms with Gasteiger partial charge in [-0.3, -0.25) is 9.78 Å². The molecular formula is C14H12ClNO. The third kappa shape index (κ3) is 3.40. The van der Waals surface area contributed by atoms with E-state index in [2.05, 4.69) is 4.98 Å². The lowest BCUT2D eigenvalue weighted by Crippen LogP contribution is -1.95. The zero-order chi connectivity index (χ0) is 12.1. The summed E-state index contributed by atoms with van der Waals surface area (Å²) in [7, 11) is 0. The number of benzene rings is 1. The first-order valence-electron chi connectivity index (χ1n) is 5.42. The Labute approximate surface area is 105 Å². The van der Waals surface area contributed by atoms with E-state index in [1.807, 2.05) is 30.3 Å². The lowest BCUT2D eigenvalue weighted by atomic mass is 10.1. The minimum absolute atomic E-state index is 0.611. The molecule has 0 spiro atoms. The largest absolute Gasteiger partial charge is 0.298 e. The number of nitrogens with zero attached hydrogens (tertiary/aromatic N) is 1. The van der Waals surface area contributed by atoms with Crippen LogP contribution in [0.1, 0.15) is 21.6 Å². The van der Waals surface area contributed by atoms with Gasteiger partial charge in [0, 0.05) is 22.5 Å². The highest BCUT2D eigenvalue weighted by atomic mass is 35.5. The van der Waals surface area contributed by atoms with Gasteiger partial charge in [-0.2, -0.15) is 0 Å². The molecule has 0 fully saturated rings. The van der Waals surface area contributed by atoms with Gasteiger partial charge in [0.1, 0.15) is 0 Å². The molecule has 2 aromatic rings. The summed E-state index contributed by atoms with van der Waals surface area (Å²) < 4.78 is 0. The Hall–Kier alpha value is -1.67. The molecule has 0 radical (unpaired) electrons. The van der Waals surface area contributed by atoms with E-state index in [9.17, 15) is 4.79 Å². The van der Waals surface area contributed by atoms with Gasteiger partial charge in [-0.15, -0.1) is 0 Å². The van der Waals surface area contributed by atoms with Crippen molar-refractivity contribution < 1.29 is 4.79 Å². The zero-order valence-electron chi connectivity index (χ0n) is 9.27. The molecule has 3 heteroatoms. The molecule has 0 atom stereocenters. The van der Waals surface area contributed by atoms with Crippen LogP contribution in [0.15, 0.2) is 42.6 Å². The van der Waals surface area contributed by atoms with Crippen LogP contribution in [-0.4, -0.2) is 11.3 Å². The molecule has 0 unspecified atom stereocenters. The summed E-state index contributed by atoms with van der Waals surface area (Å²) in [5.74, 6) is 0. The molecule has 17 heavy (non-hydrogen) atoms. The van der Waals surface area contributed by atoms with Crippen molar-refractivity contribution >= 4 is 17.9 Å². The predicted octanol–water partition coefficient (Wildman–Crippen LogP) is 3.33. The van der Waals surface area contributed by atoms with Crippen molar-refractivity contribution in [1.82, 2.24) is 4.98 Å². The molecule has 1 aromatic heterocycles. The van der Waals surface area contributed by atoms with Crippen LogP contribution in [0, 0.1) is 0 Å². The van der Waals surface area contributed by atoms with Gasteiger partial charge in [-0.1, -0.05) is 23.7 Å². The Morgan fingerprint density at radius 3 is 2.41 bits per heavy atom. The Morgan fingerprint density at radius 1 is 1.06 bits per heavy atom. The molecule has 0 aliphatic heterocycles. The number of aldehydes is 1. The SMILES string of the molecule is O=Cc1ccc(CCc2ccc(Cl)cc2)nc1. The molecule has 0 amide bonds. The van der Waals surface area contributed by atoms with E-state index in [4.69, 9.17) is 11.6 Å². The van der Waals surface area contributed by atoms with Crippen LogP contribution >= 0.6 is 11.6 Å². The second-order valence-electron chi connectivity index (χ2n) is 3.83. The van der Waals surface area contributed by atoms with Crippen molar-refractivity contribution in [3.05, 3.63) is 64.4 Å². The molecule has 0 aliphatic rings. The average molecular weight is 246 g/mol. The Kier molecular flexibility index (Phi) is 3.89. The normalized spacial score (nSPS) is 10.2. The lowest BCUT2D eigenvalue weighted by Gasteiger charge is -2.02. The van der Waals surface area contributed by atoms with Gasteiger partial charge < -0.3 is 0 Å². The standard InChI is InChI=1S/C14H12ClNO/c15-13-5-1-11(2-6-13)3-7-14-8-4-12(10-17)9-16-14/h1-2,4-6,8-10H,3,7H2. The van der Waals surface area contributed by atoms with Crippen LogP contribution < -0.4 is 0 Å². The average Bonchev–Trinajstić information content (AvgIpc) is 2.39. The number of rotatable bonds is 4. The van der Waals surface area contributed by atoms with Crippen molar-refractivity contribution in [2.75, 3.05) is 0 Å². The maximum atomic E-state index is 10.5. The molecule has 2 rings (SSSR count). The number of hydrogen-bond donors (Lipinski definition) is 0. The van der Waals surface area contributed by atoms with Gasteiger partial charge in [0.25, 0.3) is 0 Å². The van der Waals surface area contributed by atoms with Gasteiger partial charge in [0.15, 0.2) is 6.29 Å². The molecule has 0 bridgehead atoms. The quantitative estimate of drug-likeness (QED) is 0.774. The summed E-state index contributed by atoms with van der Waals surface area (Å²) in [6.07, 6.45) is 4.19. The van der Waals surface area contributed by atoms with Gasteiger partial charge in [0.2, 0.25) is 0 Å². The Bertz CT molecular complexity index is 491. The third-order valence-electron chi connectivity index (χ3n) is 2.57. The molecular weight excluding hydrogens is 234 g/mol. The van der Waals surface area contributed by atoms with Crippen molar-refractivity contribution in [1.29, 1.82) is 0 Å². The summed E-state index contributed by atoms with van der Waals surface area (Å²) >= 11 is 5.82. The summed E-state index contributed by atoms with van der Waals surface area (Å²) in [6.45, 7) is 0. The monoisotopic (exact) mass is 245 g/mol. The van der Waals surface area contributed by atoms with Crippen LogP contribution in [0.4, 0.5) is 0 Å². The van der Waals surface area contributed by atoms with Crippen LogP contribution in [0.3, 0.4) is 0 Å². The first-order chi connectivity index (χ1) is 8.28. The van der Waals surface area contributed by atoms with Gasteiger partial charge in [0.05, 0.1) is 0 Å². The maximum Gasteiger partial charge on any atom is 0.151 e. The minimum Gasteiger partial charge on any atom is -0.298 e. The molecule has 86 valence electrons. The fourth-order valence-corrected chi connectivity index (χ4v) is 1.70. The number of carbonyl (C=O) groups excluding carboxylic acids is 1. The molecule has 0 N–H and O–H groups in total. The van der Waals surface area contributed by atoms with E-state index in [0.717, 1.165) is 29.8 Å². The number of aromatic nitrogens is 1. The van der Waals surface area contributed by atoms with Gasteiger partial charge in [-0.05, 0) is 42.7 Å². The smallest absolute Gasteiger partial charge is 0.151 e. The lowest BCUT2D eigenvalue weighted by molar-refractivity contribution is 0.112. The van der Waals surface area contributed by atoms with Crippen molar-refractivity contribution in [2.45, 2.75) is 12.8 Å². The van der Waals surface area contributed by atoms with E-state index in [-0.39, 0.29) is 0 Å². The number of halogens is 1. The van der Waals surface area contributed by atoms with Crippen LogP contribution in [0.5, 0.6) is 0 Å². The van der Waals surface area contributed by atoms with E-state index in [1.165, 1.54) is 5.56 Å². The first kappa shape index (κ1) is 11.8. The maximum absolute atomic E-state index is 10.5. The summed E-state index contributed by atoms with van der Waals surface area (Å²) in [5.41, 5.74) is 2.83. The van der Waals surface area contributed by atoms with E-state index in [0.29, 0.717) is 5.56 Å². The summed E-state index contributed by atoms with van der Waals surface area (Å²) in [4.78, 5) is 14.7. The molecule has 0 aliphatic carbocycles. The fraction of sp³-hybridized carbons (Fsp3) is 0.143. The first-order valence-corrected chi connectivity index (χ1v) is 5.80. The summed E-state index contributed by atoms with van der Waals surface area (Å²) in [5, 5.41) is 0.752. The fourth-order valence-electron chi connectivity index (χ4n) is 1.58. The number of carbonyl (C=O) groups is 1. The zero-order valence-corrected chi connectivity index (χ0v) is 10.0. The van der Waals surface area contributed by atoms with Gasteiger partial charge in [-0.25, -0.2) is 0 Å². The topological polar surface area (TPSA) is 30.0 Å². The number of pyridine rings is 1. The highest BCUT2D eigenvalue weighted by Gasteiger charge is 1.98. The van der Waals surface area contributed by atoms with E-state index in [1.54, 1.807) is 12.3 Å². The molecule has 2 nitrogen and oxygen atoms in total. The molecule has 0 saturated carbocycles. The predicted molar refractivity (Wildman–Crippen MR) is 68.5 cm³/mol. The molecule has 0 saturated heterocycles. The third-order valence-corrected chi connectivity index (χ3v) is 2.82. The highest BCUT2D eigenvalue weighted by molar-refractivity contribution is 6.30. The van der Waals surface area contributed by atoms with Crippen molar-refractivity contribution in [3.63, 3.8) is 0 Å². The summed E-state index contributed by atoms with van der Waals surface area (Å²) in [6, 6.07) is 11.5. The van der Waals surface area contributed by atoms with Crippen molar-refractivity contribution in [3.8, 4) is 0 Å². The second kappa shape index (κ2) is 5.60. The highest BCUT2D eigenvalue weighted by Crippen LogP contribution is 2.11. The molecule has 1 heterocycles. The Morgan fingerprint density at radius 2 is 1.82 bits per heavy atom. The van der Waals surface area contributed by atoms with Crippen molar-refractivity contribution in [2.24, 2.45) is 0 Å². The van der Waals surface area contributed by atoms with E-state index < -0.39 is 0 Å². The second-order valence-corrected chi connectivity index (χ2v) is 4.26. The number of aryl methyl sites for hydroxylation is 2. The number of hydrogen-bond acceptors (Lipinski definition) is 2. The van der Waals surface area contributed by atoms with E-state index >= 15 is 0 Å². The van der Waals surface area contributed by atoms with Crippen LogP contribution in [0.25, 0.3) is 0 Å².